The molecule has 0 heterocycles. The maximum atomic E-state index is 11.0. The van der Waals surface area contributed by atoms with Crippen LogP contribution in [0.25, 0.3) is 11.1 Å². The number of aryl methyl sites for hydroxylation is 1. The first kappa shape index (κ1) is 17.3. The van der Waals surface area contributed by atoms with Crippen LogP contribution in [0.3, 0.4) is 0 Å². The maximum Gasteiger partial charge on any atom is 0.405 e. The van der Waals surface area contributed by atoms with Crippen molar-refractivity contribution in [2.45, 2.75) is 25.3 Å². The molecule has 3 rings (SSSR count). The van der Waals surface area contributed by atoms with E-state index in [0.717, 1.165) is 41.7 Å². The highest BCUT2D eigenvalue weighted by Crippen LogP contribution is 2.33. The molecule has 0 bridgehead atoms. The highest BCUT2D eigenvalue weighted by Gasteiger charge is 2.22. The minimum atomic E-state index is -0.971. The normalized spacial score (nSPS) is 16.1. The number of rotatable bonds is 6. The molecule has 2 aromatic rings. The fourth-order valence-electron chi connectivity index (χ4n) is 3.26. The van der Waals surface area contributed by atoms with Gasteiger partial charge in [-0.2, -0.15) is 0 Å². The van der Waals surface area contributed by atoms with Crippen LogP contribution in [0, 0.1) is 0 Å². The second kappa shape index (κ2) is 8.03. The summed E-state index contributed by atoms with van der Waals surface area (Å²) in [5, 5.41) is 11.7. The molecule has 2 aromatic carbocycles. The summed E-state index contributed by atoms with van der Waals surface area (Å²) in [7, 11) is 1.65. The van der Waals surface area contributed by atoms with Crippen LogP contribution >= 0.6 is 0 Å². The number of carbonyl (C=O) groups is 1. The zero-order chi connectivity index (χ0) is 17.6. The Morgan fingerprint density at radius 3 is 2.64 bits per heavy atom. The first-order chi connectivity index (χ1) is 12.2. The number of hydrogen-bond donors (Lipinski definition) is 2. The summed E-state index contributed by atoms with van der Waals surface area (Å²) in [6.07, 6.45) is 1.88. The van der Waals surface area contributed by atoms with E-state index in [-0.39, 0.29) is 6.04 Å². The van der Waals surface area contributed by atoms with Crippen molar-refractivity contribution in [3.8, 4) is 16.9 Å². The van der Waals surface area contributed by atoms with Gasteiger partial charge in [0.05, 0.1) is 12.6 Å². The van der Waals surface area contributed by atoms with Gasteiger partial charge in [-0.05, 0) is 59.7 Å². The zero-order valence-electron chi connectivity index (χ0n) is 14.3. The molecule has 1 amide bonds. The lowest BCUT2D eigenvalue weighted by Crippen LogP contribution is -2.29. The highest BCUT2D eigenvalue weighted by atomic mass is 16.5. The molecule has 1 aliphatic rings. The lowest BCUT2D eigenvalue weighted by Gasteiger charge is -2.26. The quantitative estimate of drug-likeness (QED) is 0.779. The molecule has 2 N–H and O–H groups in total. The summed E-state index contributed by atoms with van der Waals surface area (Å²) >= 11 is 0. The minimum absolute atomic E-state index is 0.127. The number of ether oxygens (including phenoxy) is 2. The lowest BCUT2D eigenvalue weighted by atomic mass is 9.85. The van der Waals surface area contributed by atoms with Crippen molar-refractivity contribution in [1.82, 2.24) is 5.32 Å². The van der Waals surface area contributed by atoms with Gasteiger partial charge in [0.1, 0.15) is 12.4 Å². The Kier molecular flexibility index (Phi) is 5.56. The van der Waals surface area contributed by atoms with Gasteiger partial charge >= 0.3 is 6.09 Å². The Hall–Kier alpha value is -2.53. The van der Waals surface area contributed by atoms with Crippen molar-refractivity contribution < 1.29 is 19.4 Å². The molecule has 132 valence electrons. The van der Waals surface area contributed by atoms with Gasteiger partial charge < -0.3 is 19.9 Å². The van der Waals surface area contributed by atoms with Crippen molar-refractivity contribution in [3.63, 3.8) is 0 Å². The molecule has 0 aliphatic heterocycles. The predicted octanol–water partition coefficient (Wildman–Crippen LogP) is 4.02. The van der Waals surface area contributed by atoms with Crippen LogP contribution in [0.5, 0.6) is 5.75 Å². The molecule has 0 aromatic heterocycles. The Morgan fingerprint density at radius 2 is 1.92 bits per heavy atom. The van der Waals surface area contributed by atoms with Gasteiger partial charge in [-0.3, -0.25) is 0 Å². The number of benzene rings is 2. The predicted molar refractivity (Wildman–Crippen MR) is 96.1 cm³/mol. The third-order valence-corrected chi connectivity index (χ3v) is 4.50. The Bertz CT molecular complexity index is 727. The van der Waals surface area contributed by atoms with Crippen molar-refractivity contribution in [2.24, 2.45) is 0 Å². The first-order valence-electron chi connectivity index (χ1n) is 8.52. The molecular weight excluding hydrogens is 318 g/mol. The summed E-state index contributed by atoms with van der Waals surface area (Å²) in [6.45, 7) is 1.09. The van der Waals surface area contributed by atoms with Crippen molar-refractivity contribution in [3.05, 3.63) is 53.6 Å². The van der Waals surface area contributed by atoms with Gasteiger partial charge in [-0.1, -0.05) is 24.3 Å². The smallest absolute Gasteiger partial charge is 0.405 e. The van der Waals surface area contributed by atoms with Gasteiger partial charge in [-0.15, -0.1) is 0 Å². The number of nitrogens with one attached hydrogen (secondary N) is 1. The topological polar surface area (TPSA) is 67.8 Å². The highest BCUT2D eigenvalue weighted by molar-refractivity contribution is 5.68. The molecule has 5 heteroatoms. The van der Waals surface area contributed by atoms with Crippen LogP contribution in [0.1, 0.15) is 30.0 Å². The van der Waals surface area contributed by atoms with E-state index < -0.39 is 6.09 Å². The molecule has 25 heavy (non-hydrogen) atoms. The molecular formula is C20H23NO4. The van der Waals surface area contributed by atoms with Crippen LogP contribution in [0.2, 0.25) is 0 Å². The minimum Gasteiger partial charge on any atom is -0.491 e. The standard InChI is InChI=1S/C20H23NO4/c1-24-11-12-25-17-9-7-14(8-10-17)16-6-5-15-3-2-4-19(18(15)13-16)21-20(22)23/h5-10,13,19,21H,2-4,11-12H2,1H3,(H,22,23). The van der Waals surface area contributed by atoms with Crippen LogP contribution in [-0.2, 0) is 11.2 Å². The largest absolute Gasteiger partial charge is 0.491 e. The third kappa shape index (κ3) is 4.31. The zero-order valence-corrected chi connectivity index (χ0v) is 14.3. The van der Waals surface area contributed by atoms with E-state index in [1.807, 2.05) is 24.3 Å². The molecule has 0 fully saturated rings. The molecule has 0 spiro atoms. The van der Waals surface area contributed by atoms with E-state index in [1.165, 1.54) is 5.56 Å². The van der Waals surface area contributed by atoms with E-state index in [9.17, 15) is 4.79 Å². The van der Waals surface area contributed by atoms with E-state index in [2.05, 4.69) is 23.5 Å². The van der Waals surface area contributed by atoms with Gasteiger partial charge in [-0.25, -0.2) is 4.79 Å². The van der Waals surface area contributed by atoms with Crippen LogP contribution in [0.4, 0.5) is 4.79 Å². The number of methoxy groups -OCH3 is 1. The maximum absolute atomic E-state index is 11.0. The number of hydrogen-bond acceptors (Lipinski definition) is 3. The third-order valence-electron chi connectivity index (χ3n) is 4.50. The lowest BCUT2D eigenvalue weighted by molar-refractivity contribution is 0.146. The van der Waals surface area contributed by atoms with Crippen molar-refractivity contribution in [1.29, 1.82) is 0 Å². The van der Waals surface area contributed by atoms with Crippen molar-refractivity contribution >= 4 is 6.09 Å². The second-order valence-corrected chi connectivity index (χ2v) is 6.17. The molecule has 0 saturated carbocycles. The summed E-state index contributed by atoms with van der Waals surface area (Å²) in [4.78, 5) is 11.0. The molecule has 1 atom stereocenters. The fraction of sp³-hybridized carbons (Fsp3) is 0.350. The van der Waals surface area contributed by atoms with Crippen LogP contribution in [0.15, 0.2) is 42.5 Å². The Balaban J connectivity index is 1.80. The van der Waals surface area contributed by atoms with Crippen LogP contribution < -0.4 is 10.1 Å². The van der Waals surface area contributed by atoms with Gasteiger partial charge in [0.25, 0.3) is 0 Å². The van der Waals surface area contributed by atoms with E-state index in [1.54, 1.807) is 7.11 Å². The second-order valence-electron chi connectivity index (χ2n) is 6.17. The number of fused-ring (bicyclic) bond motifs is 1. The summed E-state index contributed by atoms with van der Waals surface area (Å²) < 4.78 is 10.6. The average Bonchev–Trinajstić information content (AvgIpc) is 2.62. The van der Waals surface area contributed by atoms with Crippen LogP contribution in [-0.4, -0.2) is 31.5 Å². The molecule has 0 saturated heterocycles. The van der Waals surface area contributed by atoms with E-state index in [4.69, 9.17) is 14.6 Å². The molecule has 1 unspecified atom stereocenters. The summed E-state index contributed by atoms with van der Waals surface area (Å²) in [5.74, 6) is 0.809. The SMILES string of the molecule is COCCOc1ccc(-c2ccc3c(c2)C(NC(=O)O)CCC3)cc1. The molecule has 0 radical (unpaired) electrons. The fourth-order valence-corrected chi connectivity index (χ4v) is 3.26. The monoisotopic (exact) mass is 341 g/mol. The number of carboxylic acid groups (broad SMARTS) is 1. The Labute approximate surface area is 147 Å². The molecule has 5 nitrogen and oxygen atoms in total. The van der Waals surface area contributed by atoms with E-state index in [0.29, 0.717) is 13.2 Å². The first-order valence-corrected chi connectivity index (χ1v) is 8.52. The van der Waals surface area contributed by atoms with Gasteiger partial charge in [0.15, 0.2) is 0 Å². The van der Waals surface area contributed by atoms with Gasteiger partial charge in [0, 0.05) is 7.11 Å². The summed E-state index contributed by atoms with van der Waals surface area (Å²) in [6, 6.07) is 14.1. The number of amides is 1. The van der Waals surface area contributed by atoms with Gasteiger partial charge in [0.2, 0.25) is 0 Å². The Morgan fingerprint density at radius 1 is 1.16 bits per heavy atom. The van der Waals surface area contributed by atoms with Crippen molar-refractivity contribution in [2.75, 3.05) is 20.3 Å². The van der Waals surface area contributed by atoms with E-state index >= 15 is 0 Å². The average molecular weight is 341 g/mol. The molecule has 1 aliphatic carbocycles. The summed E-state index contributed by atoms with van der Waals surface area (Å²) in [5.41, 5.74) is 4.49.